The number of rotatable bonds is 21. The molecule has 2 amide bonds. The van der Waals surface area contributed by atoms with E-state index in [9.17, 15) is 33.0 Å². The van der Waals surface area contributed by atoms with Gasteiger partial charge in [0.2, 0.25) is 11.9 Å². The van der Waals surface area contributed by atoms with Crippen molar-refractivity contribution in [2.24, 2.45) is 11.8 Å². The van der Waals surface area contributed by atoms with Gasteiger partial charge in [0.1, 0.15) is 12.1 Å². The third-order valence-electron chi connectivity index (χ3n) is 9.39. The standard InChI is InChI=1S/C36H60N4O9S/c1-4-5-6-13-20-49-36(45)32(35(44)37-29(24-27-14-9-7-10-15-27)33(42)31(41)23-26(2)3)38-34(43)30(25-28-16-11-8-12-17-28)39-50(46,47)40-18-21-48-22-19-40/h8,11-12,16-17,26-27,29-33,39,41-42H,4-7,9-10,13-15,18-25H2,1-3H3,(H,37,44)(H,38,43)/t29-,30-,31-,32?,33+/m0/s1. The first-order valence-corrected chi connectivity index (χ1v) is 19.9. The van der Waals surface area contributed by atoms with Gasteiger partial charge in [0, 0.05) is 13.1 Å². The quantitative estimate of drug-likeness (QED) is 0.0723. The first kappa shape index (κ1) is 41.8. The summed E-state index contributed by atoms with van der Waals surface area (Å²) in [6.07, 6.45) is 6.55. The number of nitrogens with zero attached hydrogens (tertiary/aromatic N) is 1. The number of hydrogen-bond acceptors (Lipinski definition) is 9. The molecule has 1 aliphatic carbocycles. The summed E-state index contributed by atoms with van der Waals surface area (Å²) in [4.78, 5) is 41.5. The summed E-state index contributed by atoms with van der Waals surface area (Å²) in [5.41, 5.74) is 0.659. The van der Waals surface area contributed by atoms with Gasteiger partial charge >= 0.3 is 5.97 Å². The van der Waals surface area contributed by atoms with Crippen LogP contribution in [-0.2, 0) is 40.5 Å². The molecule has 3 rings (SSSR count). The lowest BCUT2D eigenvalue weighted by Gasteiger charge is -2.33. The Labute approximate surface area is 298 Å². The Morgan fingerprint density at radius 1 is 0.960 bits per heavy atom. The minimum atomic E-state index is -4.15. The van der Waals surface area contributed by atoms with E-state index in [1.807, 2.05) is 13.8 Å². The SMILES string of the molecule is CCCCCCOC(=O)C(NC(=O)[C@H](Cc1ccccc1)NS(=O)(=O)N1CCOCC1)C(=O)N[C@@H](CC1CCCCC1)[C@@H](O)[C@@H](O)CC(C)C. The van der Waals surface area contributed by atoms with E-state index in [4.69, 9.17) is 9.47 Å². The maximum atomic E-state index is 14.0. The number of hydrogen-bond donors (Lipinski definition) is 5. The van der Waals surface area contributed by atoms with Crippen LogP contribution < -0.4 is 15.4 Å². The van der Waals surface area contributed by atoms with Gasteiger partial charge in [-0.2, -0.15) is 17.4 Å². The lowest BCUT2D eigenvalue weighted by atomic mass is 9.82. The Morgan fingerprint density at radius 2 is 1.64 bits per heavy atom. The fraction of sp³-hybridized carbons (Fsp3) is 0.750. The number of carbonyl (C=O) groups is 3. The number of amides is 2. The van der Waals surface area contributed by atoms with Gasteiger partial charge in [-0.05, 0) is 43.1 Å². The average molecular weight is 725 g/mol. The van der Waals surface area contributed by atoms with Crippen molar-refractivity contribution >= 4 is 28.0 Å². The minimum absolute atomic E-state index is 0.0385. The molecule has 5 N–H and O–H groups in total. The highest BCUT2D eigenvalue weighted by molar-refractivity contribution is 7.87. The lowest BCUT2D eigenvalue weighted by Crippen LogP contribution is -2.61. The van der Waals surface area contributed by atoms with Crippen LogP contribution in [0.2, 0.25) is 0 Å². The maximum Gasteiger partial charge on any atom is 0.338 e. The summed E-state index contributed by atoms with van der Waals surface area (Å²) in [5.74, 6) is -2.49. The molecule has 2 fully saturated rings. The number of ether oxygens (including phenoxy) is 2. The molecule has 1 saturated carbocycles. The van der Waals surface area contributed by atoms with Crippen molar-refractivity contribution in [3.8, 4) is 0 Å². The second-order valence-corrected chi connectivity index (χ2v) is 15.8. The van der Waals surface area contributed by atoms with Crippen LogP contribution >= 0.6 is 0 Å². The molecule has 1 heterocycles. The van der Waals surface area contributed by atoms with E-state index in [2.05, 4.69) is 22.3 Å². The van der Waals surface area contributed by atoms with Crippen LogP contribution in [0.15, 0.2) is 30.3 Å². The first-order chi connectivity index (χ1) is 23.9. The van der Waals surface area contributed by atoms with Crippen molar-refractivity contribution in [3.05, 3.63) is 35.9 Å². The van der Waals surface area contributed by atoms with Crippen LogP contribution in [0.3, 0.4) is 0 Å². The van der Waals surface area contributed by atoms with E-state index in [0.29, 0.717) is 24.8 Å². The molecule has 1 unspecified atom stereocenters. The van der Waals surface area contributed by atoms with Gasteiger partial charge < -0.3 is 30.3 Å². The van der Waals surface area contributed by atoms with Gasteiger partial charge in [-0.3, -0.25) is 9.59 Å². The number of aliphatic hydroxyl groups excluding tert-OH is 2. The third kappa shape index (κ3) is 14.2. The molecule has 2 aliphatic rings. The summed E-state index contributed by atoms with van der Waals surface area (Å²) >= 11 is 0. The Bertz CT molecular complexity index is 1270. The summed E-state index contributed by atoms with van der Waals surface area (Å²) in [6, 6.07) is 4.71. The fourth-order valence-electron chi connectivity index (χ4n) is 6.56. The van der Waals surface area contributed by atoms with Crippen molar-refractivity contribution in [1.82, 2.24) is 19.7 Å². The topological polar surface area (TPSA) is 184 Å². The highest BCUT2D eigenvalue weighted by Gasteiger charge is 2.38. The maximum absolute atomic E-state index is 14.0. The van der Waals surface area contributed by atoms with Crippen LogP contribution in [0, 0.1) is 11.8 Å². The van der Waals surface area contributed by atoms with Gasteiger partial charge in [0.15, 0.2) is 0 Å². The minimum Gasteiger partial charge on any atom is -0.464 e. The van der Waals surface area contributed by atoms with Gasteiger partial charge in [0.25, 0.3) is 16.1 Å². The summed E-state index contributed by atoms with van der Waals surface area (Å²) in [7, 11) is -4.15. The Kier molecular flexibility index (Phi) is 18.1. The van der Waals surface area contributed by atoms with E-state index in [1.165, 1.54) is 4.31 Å². The molecule has 1 aromatic rings. The van der Waals surface area contributed by atoms with Crippen molar-refractivity contribution in [3.63, 3.8) is 0 Å². The number of carbonyl (C=O) groups excluding carboxylic acids is 3. The molecular formula is C36H60N4O9S. The van der Waals surface area contributed by atoms with Gasteiger partial charge in [-0.15, -0.1) is 0 Å². The molecule has 0 bridgehead atoms. The summed E-state index contributed by atoms with van der Waals surface area (Å²) in [6.45, 7) is 6.58. The Balaban J connectivity index is 1.87. The summed E-state index contributed by atoms with van der Waals surface area (Å²) in [5, 5.41) is 27.4. The number of nitrogens with one attached hydrogen (secondary N) is 3. The van der Waals surface area contributed by atoms with Crippen molar-refractivity contribution in [1.29, 1.82) is 0 Å². The molecule has 1 saturated heterocycles. The smallest absolute Gasteiger partial charge is 0.338 e. The zero-order chi connectivity index (χ0) is 36.5. The van der Waals surface area contributed by atoms with Crippen LogP contribution in [0.5, 0.6) is 0 Å². The molecule has 0 spiro atoms. The second-order valence-electron chi connectivity index (χ2n) is 14.1. The van der Waals surface area contributed by atoms with E-state index in [1.54, 1.807) is 30.3 Å². The number of benzene rings is 1. The molecular weight excluding hydrogens is 664 g/mol. The van der Waals surface area contributed by atoms with Gasteiger partial charge in [0.05, 0.1) is 32.0 Å². The predicted molar refractivity (Wildman–Crippen MR) is 190 cm³/mol. The van der Waals surface area contributed by atoms with Crippen LogP contribution in [0.25, 0.3) is 0 Å². The largest absolute Gasteiger partial charge is 0.464 e. The van der Waals surface area contributed by atoms with Crippen LogP contribution in [0.1, 0.15) is 97.0 Å². The molecule has 0 aromatic heterocycles. The van der Waals surface area contributed by atoms with E-state index >= 15 is 0 Å². The van der Waals surface area contributed by atoms with E-state index in [0.717, 1.165) is 51.4 Å². The number of unbranched alkanes of at least 4 members (excludes halogenated alkanes) is 3. The van der Waals surface area contributed by atoms with Crippen LogP contribution in [0.4, 0.5) is 0 Å². The zero-order valence-corrected chi connectivity index (χ0v) is 30.9. The fourth-order valence-corrected chi connectivity index (χ4v) is 7.89. The highest BCUT2D eigenvalue weighted by atomic mass is 32.2. The van der Waals surface area contributed by atoms with E-state index in [-0.39, 0.29) is 51.2 Å². The van der Waals surface area contributed by atoms with Gasteiger partial charge in [-0.1, -0.05) is 102 Å². The molecule has 14 heteroatoms. The average Bonchev–Trinajstić information content (AvgIpc) is 3.10. The molecule has 50 heavy (non-hydrogen) atoms. The molecule has 5 atom stereocenters. The molecule has 0 radical (unpaired) electrons. The zero-order valence-electron chi connectivity index (χ0n) is 30.1. The second kappa shape index (κ2) is 21.7. The monoisotopic (exact) mass is 724 g/mol. The number of esters is 1. The lowest BCUT2D eigenvalue weighted by molar-refractivity contribution is -0.152. The van der Waals surface area contributed by atoms with Crippen molar-refractivity contribution in [2.45, 2.75) is 128 Å². The predicted octanol–water partition coefficient (Wildman–Crippen LogP) is 2.60. The normalized spacial score (nSPS) is 19.2. The van der Waals surface area contributed by atoms with Gasteiger partial charge in [-0.25, -0.2) is 4.79 Å². The number of aliphatic hydroxyl groups is 2. The summed E-state index contributed by atoms with van der Waals surface area (Å²) < 4.78 is 41.2. The Morgan fingerprint density at radius 3 is 2.28 bits per heavy atom. The molecule has 1 aromatic carbocycles. The van der Waals surface area contributed by atoms with Crippen molar-refractivity contribution in [2.75, 3.05) is 32.9 Å². The molecule has 13 nitrogen and oxygen atoms in total. The van der Waals surface area contributed by atoms with Crippen LogP contribution in [-0.4, -0.2) is 104 Å². The Hall–Kier alpha value is -2.62. The molecule has 1 aliphatic heterocycles. The van der Waals surface area contributed by atoms with Crippen molar-refractivity contribution < 1.29 is 42.5 Å². The third-order valence-corrected chi connectivity index (χ3v) is 11.0. The highest BCUT2D eigenvalue weighted by Crippen LogP contribution is 2.29. The first-order valence-electron chi connectivity index (χ1n) is 18.4. The molecule has 284 valence electrons. The number of morpholine rings is 1. The van der Waals surface area contributed by atoms with E-state index < -0.39 is 58.3 Å².